The molecule has 0 aliphatic rings. The Morgan fingerprint density at radius 3 is 2.67 bits per heavy atom. The number of aryl methyl sites for hydroxylation is 2. The summed E-state index contributed by atoms with van der Waals surface area (Å²) in [5.74, 6) is -1.50. The molecule has 116 valence electrons. The smallest absolute Gasteiger partial charge is 0.323 e. The molecular formula is C13H18ClN3O4. The minimum atomic E-state index is -1.08. The Hall–Kier alpha value is -1.86. The summed E-state index contributed by atoms with van der Waals surface area (Å²) in [7, 11) is 3.18. The summed E-state index contributed by atoms with van der Waals surface area (Å²) in [6.07, 6.45) is 2.82. The first-order chi connectivity index (χ1) is 9.86. The van der Waals surface area contributed by atoms with E-state index < -0.39 is 11.9 Å². The number of aromatic nitrogens is 2. The Morgan fingerprint density at radius 1 is 1.52 bits per heavy atom. The van der Waals surface area contributed by atoms with Crippen LogP contribution in [0, 0.1) is 6.92 Å². The normalized spacial score (nSPS) is 11.0. The molecule has 1 amide bonds. The highest BCUT2D eigenvalue weighted by Crippen LogP contribution is 2.20. The van der Waals surface area contributed by atoms with E-state index in [0.29, 0.717) is 16.4 Å². The number of nitrogens with zero attached hydrogens (tertiary/aromatic N) is 3. The molecule has 0 radical (unpaired) electrons. The van der Waals surface area contributed by atoms with Gasteiger partial charge in [-0.3, -0.25) is 14.3 Å². The third-order valence-corrected chi connectivity index (χ3v) is 3.24. The van der Waals surface area contributed by atoms with Gasteiger partial charge in [0.25, 0.3) is 0 Å². The molecule has 0 saturated heterocycles. The first-order valence-corrected chi connectivity index (χ1v) is 6.61. The number of methoxy groups -OCH3 is 1. The summed E-state index contributed by atoms with van der Waals surface area (Å²) < 4.78 is 6.36. The Labute approximate surface area is 127 Å². The van der Waals surface area contributed by atoms with Crippen LogP contribution in [0.4, 0.5) is 0 Å². The second kappa shape index (κ2) is 7.80. The number of aliphatic carboxylic acids is 1. The molecule has 0 aliphatic carbocycles. The molecule has 1 aromatic rings. The predicted molar refractivity (Wildman–Crippen MR) is 78.1 cm³/mol. The van der Waals surface area contributed by atoms with Gasteiger partial charge in [-0.1, -0.05) is 11.6 Å². The van der Waals surface area contributed by atoms with Crippen molar-refractivity contribution >= 4 is 29.6 Å². The number of halogens is 1. The molecule has 21 heavy (non-hydrogen) atoms. The van der Waals surface area contributed by atoms with Crippen LogP contribution in [0.25, 0.3) is 6.08 Å². The fraction of sp³-hybridized carbons (Fsp3) is 0.462. The second-order valence-electron chi connectivity index (χ2n) is 4.39. The summed E-state index contributed by atoms with van der Waals surface area (Å²) in [6, 6.07) is 0. The lowest BCUT2D eigenvalue weighted by Crippen LogP contribution is -2.36. The van der Waals surface area contributed by atoms with E-state index in [0.717, 1.165) is 0 Å². The highest BCUT2D eigenvalue weighted by molar-refractivity contribution is 6.31. The first kappa shape index (κ1) is 17.2. The van der Waals surface area contributed by atoms with E-state index in [-0.39, 0.29) is 19.7 Å². The summed E-state index contributed by atoms with van der Waals surface area (Å²) in [5, 5.41) is 13.4. The fourth-order valence-corrected chi connectivity index (χ4v) is 1.97. The van der Waals surface area contributed by atoms with Crippen LogP contribution in [-0.4, -0.2) is 58.5 Å². The van der Waals surface area contributed by atoms with Crippen LogP contribution in [-0.2, 0) is 21.4 Å². The molecule has 8 heteroatoms. The number of amides is 1. The molecule has 0 fully saturated rings. The molecule has 0 saturated carbocycles. The number of carboxylic acid groups (broad SMARTS) is 1. The molecule has 0 aromatic carbocycles. The maximum Gasteiger partial charge on any atom is 0.323 e. The molecule has 0 bridgehead atoms. The van der Waals surface area contributed by atoms with Crippen molar-refractivity contribution in [3.8, 4) is 0 Å². The van der Waals surface area contributed by atoms with E-state index in [9.17, 15) is 9.59 Å². The van der Waals surface area contributed by atoms with Gasteiger partial charge in [-0.05, 0) is 13.0 Å². The zero-order chi connectivity index (χ0) is 16.0. The Morgan fingerprint density at radius 2 is 2.19 bits per heavy atom. The number of carboxylic acids is 1. The van der Waals surface area contributed by atoms with Gasteiger partial charge in [-0.2, -0.15) is 5.10 Å². The number of ether oxygens (including phenoxy) is 1. The molecule has 0 atom stereocenters. The van der Waals surface area contributed by atoms with Gasteiger partial charge in [0, 0.05) is 32.3 Å². The average molecular weight is 316 g/mol. The summed E-state index contributed by atoms with van der Waals surface area (Å²) >= 11 is 6.06. The lowest BCUT2D eigenvalue weighted by molar-refractivity contribution is -0.143. The van der Waals surface area contributed by atoms with Gasteiger partial charge in [0.2, 0.25) is 5.91 Å². The molecular weight excluding hydrogens is 298 g/mol. The van der Waals surface area contributed by atoms with Crippen molar-refractivity contribution in [1.29, 1.82) is 0 Å². The summed E-state index contributed by atoms with van der Waals surface area (Å²) in [4.78, 5) is 24.0. The van der Waals surface area contributed by atoms with Crippen molar-refractivity contribution in [2.45, 2.75) is 6.92 Å². The standard InChI is InChI=1S/C13H18ClN3O4/c1-9-10(13(14)16(2)15-9)4-5-11(18)17(6-7-21-3)8-12(19)20/h4-5H,6-8H2,1-3H3,(H,19,20). The Kier molecular flexibility index (Phi) is 6.39. The predicted octanol–water partition coefficient (Wildman–Crippen LogP) is 0.955. The largest absolute Gasteiger partial charge is 0.480 e. The van der Waals surface area contributed by atoms with E-state index in [1.165, 1.54) is 28.8 Å². The number of hydrogen-bond acceptors (Lipinski definition) is 4. The summed E-state index contributed by atoms with van der Waals surface area (Å²) in [6.45, 7) is 1.85. The fourth-order valence-electron chi connectivity index (χ4n) is 1.73. The van der Waals surface area contributed by atoms with Gasteiger partial charge in [0.1, 0.15) is 11.7 Å². The van der Waals surface area contributed by atoms with Crippen molar-refractivity contribution in [3.63, 3.8) is 0 Å². The third kappa shape index (κ3) is 4.87. The number of carbonyl (C=O) groups is 2. The SMILES string of the molecule is COCCN(CC(=O)O)C(=O)C=Cc1c(C)nn(C)c1Cl. The van der Waals surface area contributed by atoms with Crippen LogP contribution < -0.4 is 0 Å². The molecule has 1 rings (SSSR count). The van der Waals surface area contributed by atoms with Crippen molar-refractivity contribution in [1.82, 2.24) is 14.7 Å². The molecule has 1 N–H and O–H groups in total. The monoisotopic (exact) mass is 315 g/mol. The van der Waals surface area contributed by atoms with Crippen LogP contribution in [0.5, 0.6) is 0 Å². The van der Waals surface area contributed by atoms with E-state index in [2.05, 4.69) is 5.10 Å². The molecule has 1 aromatic heterocycles. The zero-order valence-corrected chi connectivity index (χ0v) is 12.9. The molecule has 0 unspecified atom stereocenters. The Bertz CT molecular complexity index is 554. The van der Waals surface area contributed by atoms with Gasteiger partial charge in [-0.15, -0.1) is 0 Å². The van der Waals surface area contributed by atoms with Crippen LogP contribution >= 0.6 is 11.6 Å². The topological polar surface area (TPSA) is 84.7 Å². The minimum absolute atomic E-state index is 0.200. The highest BCUT2D eigenvalue weighted by Gasteiger charge is 2.15. The Balaban J connectivity index is 2.84. The van der Waals surface area contributed by atoms with E-state index in [1.54, 1.807) is 14.0 Å². The second-order valence-corrected chi connectivity index (χ2v) is 4.75. The molecule has 1 heterocycles. The van der Waals surface area contributed by atoms with E-state index in [4.69, 9.17) is 21.4 Å². The van der Waals surface area contributed by atoms with Crippen LogP contribution in [0.2, 0.25) is 5.15 Å². The van der Waals surface area contributed by atoms with Crippen molar-refractivity contribution in [3.05, 3.63) is 22.5 Å². The number of hydrogen-bond donors (Lipinski definition) is 1. The molecule has 0 spiro atoms. The van der Waals surface area contributed by atoms with Gasteiger partial charge in [-0.25, -0.2) is 0 Å². The van der Waals surface area contributed by atoms with Crippen molar-refractivity contribution in [2.75, 3.05) is 26.8 Å². The third-order valence-electron chi connectivity index (χ3n) is 2.79. The van der Waals surface area contributed by atoms with E-state index >= 15 is 0 Å². The van der Waals surface area contributed by atoms with Gasteiger partial charge in [0.05, 0.1) is 12.3 Å². The maximum absolute atomic E-state index is 12.0. The van der Waals surface area contributed by atoms with Crippen LogP contribution in [0.3, 0.4) is 0 Å². The van der Waals surface area contributed by atoms with Gasteiger partial charge < -0.3 is 14.7 Å². The first-order valence-electron chi connectivity index (χ1n) is 6.23. The number of carbonyl (C=O) groups excluding carboxylic acids is 1. The van der Waals surface area contributed by atoms with Crippen LogP contribution in [0.1, 0.15) is 11.3 Å². The van der Waals surface area contributed by atoms with Crippen LogP contribution in [0.15, 0.2) is 6.08 Å². The van der Waals surface area contributed by atoms with Gasteiger partial charge in [0.15, 0.2) is 0 Å². The number of rotatable bonds is 7. The lowest BCUT2D eigenvalue weighted by Gasteiger charge is -2.18. The van der Waals surface area contributed by atoms with Crippen molar-refractivity contribution in [2.24, 2.45) is 7.05 Å². The summed E-state index contributed by atoms with van der Waals surface area (Å²) in [5.41, 5.74) is 1.32. The minimum Gasteiger partial charge on any atom is -0.480 e. The average Bonchev–Trinajstić information content (AvgIpc) is 2.65. The zero-order valence-electron chi connectivity index (χ0n) is 12.2. The highest BCUT2D eigenvalue weighted by atomic mass is 35.5. The van der Waals surface area contributed by atoms with E-state index in [1.807, 2.05) is 0 Å². The quantitative estimate of drug-likeness (QED) is 0.757. The molecule has 7 nitrogen and oxygen atoms in total. The molecule has 0 aliphatic heterocycles. The maximum atomic E-state index is 12.0. The lowest BCUT2D eigenvalue weighted by atomic mass is 10.2. The van der Waals surface area contributed by atoms with Gasteiger partial charge >= 0.3 is 5.97 Å². The van der Waals surface area contributed by atoms with Crippen molar-refractivity contribution < 1.29 is 19.4 Å².